The number of rotatable bonds is 8. The molecule has 1 fully saturated rings. The molecule has 27 heavy (non-hydrogen) atoms. The molecular weight excluding hydrogens is 344 g/mol. The van der Waals surface area contributed by atoms with Crippen LogP contribution in [-0.2, 0) is 18.3 Å². The van der Waals surface area contributed by atoms with Crippen LogP contribution in [0.5, 0.6) is 0 Å². The van der Waals surface area contributed by atoms with Crippen molar-refractivity contribution in [1.82, 2.24) is 29.7 Å². The summed E-state index contributed by atoms with van der Waals surface area (Å²) in [6, 6.07) is 0.409. The predicted molar refractivity (Wildman–Crippen MR) is 102 cm³/mol. The van der Waals surface area contributed by atoms with Gasteiger partial charge < -0.3 is 9.26 Å². The van der Waals surface area contributed by atoms with Gasteiger partial charge in [0.2, 0.25) is 5.89 Å². The third-order valence-electron chi connectivity index (χ3n) is 5.49. The molecule has 0 radical (unpaired) electrons. The normalized spacial score (nSPS) is 22.4. The van der Waals surface area contributed by atoms with E-state index < -0.39 is 0 Å². The highest BCUT2D eigenvalue weighted by Crippen LogP contribution is 2.36. The molecular formula is C19H32N6O2. The molecule has 3 atom stereocenters. The van der Waals surface area contributed by atoms with Crippen molar-refractivity contribution in [2.75, 3.05) is 33.8 Å². The lowest BCUT2D eigenvalue weighted by atomic mass is 9.85. The number of nitrogens with zero attached hydrogens (tertiary/aromatic N) is 6. The molecule has 0 amide bonds. The van der Waals surface area contributed by atoms with Crippen LogP contribution < -0.4 is 0 Å². The van der Waals surface area contributed by atoms with Crippen LogP contribution >= 0.6 is 0 Å². The van der Waals surface area contributed by atoms with Gasteiger partial charge in [-0.15, -0.1) is 0 Å². The Morgan fingerprint density at radius 2 is 2.26 bits per heavy atom. The fourth-order valence-corrected chi connectivity index (χ4v) is 4.07. The summed E-state index contributed by atoms with van der Waals surface area (Å²) in [5, 5.41) is 8.42. The van der Waals surface area contributed by atoms with Crippen molar-refractivity contribution >= 4 is 0 Å². The van der Waals surface area contributed by atoms with E-state index in [0.29, 0.717) is 30.2 Å². The van der Waals surface area contributed by atoms with E-state index in [9.17, 15) is 0 Å². The molecule has 1 saturated heterocycles. The van der Waals surface area contributed by atoms with Gasteiger partial charge in [-0.3, -0.25) is 14.5 Å². The number of methoxy groups -OCH3 is 1. The van der Waals surface area contributed by atoms with Crippen LogP contribution in [0, 0.1) is 5.92 Å². The maximum absolute atomic E-state index is 5.40. The molecule has 0 aliphatic carbocycles. The first-order valence-electron chi connectivity index (χ1n) is 9.78. The standard InChI is InChI=1S/C19H32N6O2/c1-6-25-9-7-8-15(18(25)16-10-20-24(4)12-16)11-23(3)13-17-21-19(22-27-17)14(2)26-5/h10,12,14-15,18H,6-9,11,13H2,1-5H3/t14-,15-,18+/m0/s1. The molecule has 1 aliphatic heterocycles. The highest BCUT2D eigenvalue weighted by Gasteiger charge is 2.33. The number of aromatic nitrogens is 4. The molecule has 8 nitrogen and oxygen atoms in total. The first-order valence-corrected chi connectivity index (χ1v) is 9.78. The van der Waals surface area contributed by atoms with Crippen LogP contribution in [0.4, 0.5) is 0 Å². The van der Waals surface area contributed by atoms with E-state index in [4.69, 9.17) is 9.26 Å². The molecule has 150 valence electrons. The molecule has 2 aromatic rings. The minimum absolute atomic E-state index is 0.153. The molecule has 1 aliphatic rings. The second kappa shape index (κ2) is 8.95. The fourth-order valence-electron chi connectivity index (χ4n) is 4.07. The van der Waals surface area contributed by atoms with Gasteiger partial charge in [-0.25, -0.2) is 0 Å². The Kier molecular flexibility index (Phi) is 6.62. The largest absolute Gasteiger partial charge is 0.374 e. The molecule has 0 aromatic carbocycles. The molecule has 0 spiro atoms. The minimum Gasteiger partial charge on any atom is -0.374 e. The lowest BCUT2D eigenvalue weighted by Crippen LogP contribution is -2.42. The maximum Gasteiger partial charge on any atom is 0.240 e. The fraction of sp³-hybridized carbons (Fsp3) is 0.737. The average Bonchev–Trinajstić information content (AvgIpc) is 3.29. The number of likely N-dealkylation sites (tertiary alicyclic amines) is 1. The minimum atomic E-state index is -0.153. The van der Waals surface area contributed by atoms with Crippen molar-refractivity contribution < 1.29 is 9.26 Å². The number of ether oxygens (including phenoxy) is 1. The van der Waals surface area contributed by atoms with E-state index in [1.165, 1.54) is 18.4 Å². The van der Waals surface area contributed by atoms with Crippen molar-refractivity contribution in [2.45, 2.75) is 45.4 Å². The predicted octanol–water partition coefficient (Wildman–Crippen LogP) is 2.42. The molecule has 0 saturated carbocycles. The van der Waals surface area contributed by atoms with Crippen LogP contribution in [0.2, 0.25) is 0 Å². The summed E-state index contributed by atoms with van der Waals surface area (Å²) in [4.78, 5) is 9.31. The van der Waals surface area contributed by atoms with Gasteiger partial charge in [0.25, 0.3) is 0 Å². The van der Waals surface area contributed by atoms with E-state index in [-0.39, 0.29) is 6.10 Å². The van der Waals surface area contributed by atoms with E-state index in [0.717, 1.165) is 19.6 Å². The number of aryl methyl sites for hydroxylation is 1. The molecule has 0 unspecified atom stereocenters. The first-order chi connectivity index (χ1) is 13.0. The second-order valence-corrected chi connectivity index (χ2v) is 7.54. The average molecular weight is 377 g/mol. The maximum atomic E-state index is 5.40. The summed E-state index contributed by atoms with van der Waals surface area (Å²) in [6.07, 6.45) is 6.47. The van der Waals surface area contributed by atoms with Gasteiger partial charge in [0.05, 0.1) is 12.7 Å². The Bertz CT molecular complexity index is 715. The lowest BCUT2D eigenvalue weighted by molar-refractivity contribution is 0.0726. The van der Waals surface area contributed by atoms with Crippen molar-refractivity contribution in [3.8, 4) is 0 Å². The SMILES string of the molecule is CCN1CCC[C@@H](CN(C)Cc2nc([C@H](C)OC)no2)[C@@H]1c1cnn(C)c1. The van der Waals surface area contributed by atoms with Crippen molar-refractivity contribution in [3.63, 3.8) is 0 Å². The molecule has 0 N–H and O–H groups in total. The smallest absolute Gasteiger partial charge is 0.240 e. The zero-order valence-corrected chi connectivity index (χ0v) is 17.1. The van der Waals surface area contributed by atoms with Crippen molar-refractivity contribution in [1.29, 1.82) is 0 Å². The van der Waals surface area contributed by atoms with Gasteiger partial charge >= 0.3 is 0 Å². The van der Waals surface area contributed by atoms with Crippen LogP contribution in [-0.4, -0.2) is 63.5 Å². The topological polar surface area (TPSA) is 72.5 Å². The van der Waals surface area contributed by atoms with Crippen LogP contribution in [0.25, 0.3) is 0 Å². The Balaban J connectivity index is 1.67. The highest BCUT2D eigenvalue weighted by atomic mass is 16.5. The van der Waals surface area contributed by atoms with E-state index in [1.54, 1.807) is 7.11 Å². The Morgan fingerprint density at radius 3 is 2.93 bits per heavy atom. The van der Waals surface area contributed by atoms with Gasteiger partial charge in [0.15, 0.2) is 5.82 Å². The van der Waals surface area contributed by atoms with E-state index in [1.807, 2.05) is 24.9 Å². The summed E-state index contributed by atoms with van der Waals surface area (Å²) in [5.41, 5.74) is 1.31. The number of hydrogen-bond acceptors (Lipinski definition) is 7. The highest BCUT2D eigenvalue weighted by molar-refractivity contribution is 5.13. The van der Waals surface area contributed by atoms with Crippen molar-refractivity contribution in [3.05, 3.63) is 29.7 Å². The summed E-state index contributed by atoms with van der Waals surface area (Å²) in [6.45, 7) is 7.99. The van der Waals surface area contributed by atoms with Crippen LogP contribution in [0.1, 0.15) is 56.1 Å². The second-order valence-electron chi connectivity index (χ2n) is 7.54. The summed E-state index contributed by atoms with van der Waals surface area (Å²) in [7, 11) is 5.75. The van der Waals surface area contributed by atoms with Crippen LogP contribution in [0.3, 0.4) is 0 Å². The van der Waals surface area contributed by atoms with Gasteiger partial charge in [-0.2, -0.15) is 10.1 Å². The van der Waals surface area contributed by atoms with Crippen LogP contribution in [0.15, 0.2) is 16.9 Å². The summed E-state index contributed by atoms with van der Waals surface area (Å²) >= 11 is 0. The Hall–Kier alpha value is -1.77. The van der Waals surface area contributed by atoms with E-state index in [2.05, 4.69) is 45.2 Å². The summed E-state index contributed by atoms with van der Waals surface area (Å²) in [5.74, 6) is 1.79. The monoisotopic (exact) mass is 376 g/mol. The molecule has 2 aromatic heterocycles. The third-order valence-corrected chi connectivity index (χ3v) is 5.49. The van der Waals surface area contributed by atoms with E-state index >= 15 is 0 Å². The Labute approximate surface area is 161 Å². The quantitative estimate of drug-likeness (QED) is 0.700. The molecule has 8 heteroatoms. The molecule has 3 rings (SSSR count). The lowest BCUT2D eigenvalue weighted by Gasteiger charge is -2.41. The number of hydrogen-bond donors (Lipinski definition) is 0. The number of piperidine rings is 1. The van der Waals surface area contributed by atoms with Gasteiger partial charge in [0, 0.05) is 38.5 Å². The van der Waals surface area contributed by atoms with Crippen molar-refractivity contribution in [2.24, 2.45) is 13.0 Å². The van der Waals surface area contributed by atoms with Gasteiger partial charge in [-0.1, -0.05) is 12.1 Å². The molecule has 3 heterocycles. The third kappa shape index (κ3) is 4.75. The zero-order chi connectivity index (χ0) is 19.4. The zero-order valence-electron chi connectivity index (χ0n) is 17.1. The van der Waals surface area contributed by atoms with Gasteiger partial charge in [-0.05, 0) is 45.8 Å². The first kappa shape index (κ1) is 20.0. The Morgan fingerprint density at radius 1 is 1.44 bits per heavy atom. The summed E-state index contributed by atoms with van der Waals surface area (Å²) < 4.78 is 12.5. The van der Waals surface area contributed by atoms with Gasteiger partial charge in [0.1, 0.15) is 6.10 Å². The molecule has 0 bridgehead atoms.